The predicted molar refractivity (Wildman–Crippen MR) is 84.3 cm³/mol. The quantitative estimate of drug-likeness (QED) is 0.856. The van der Waals surface area contributed by atoms with Gasteiger partial charge in [-0.3, -0.25) is 4.68 Å². The van der Waals surface area contributed by atoms with Crippen LogP contribution in [0.4, 0.5) is 0 Å². The third kappa shape index (κ3) is 2.89. The molecule has 1 aromatic carbocycles. The molecule has 3 N–H and O–H groups in total. The number of hydrogen-bond donors (Lipinski definition) is 2. The Morgan fingerprint density at radius 1 is 1.43 bits per heavy atom. The summed E-state index contributed by atoms with van der Waals surface area (Å²) in [6.07, 6.45) is 0.993. The first-order valence-corrected chi connectivity index (χ1v) is 7.33. The lowest BCUT2D eigenvalue weighted by Crippen LogP contribution is -2.41. The van der Waals surface area contributed by atoms with Crippen LogP contribution in [0.15, 0.2) is 18.2 Å². The van der Waals surface area contributed by atoms with Crippen molar-refractivity contribution >= 4 is 10.9 Å². The summed E-state index contributed by atoms with van der Waals surface area (Å²) in [5.41, 5.74) is 7.91. The molecule has 1 atom stereocenters. The minimum absolute atomic E-state index is 0.0228. The number of methoxy groups -OCH3 is 1. The van der Waals surface area contributed by atoms with Crippen LogP contribution < -0.4 is 10.5 Å². The lowest BCUT2D eigenvalue weighted by Gasteiger charge is -2.30. The van der Waals surface area contributed by atoms with Crippen LogP contribution in [-0.4, -0.2) is 28.0 Å². The molecule has 0 aliphatic carbocycles. The molecule has 0 saturated heterocycles. The Morgan fingerprint density at radius 2 is 2.14 bits per heavy atom. The zero-order valence-corrected chi connectivity index (χ0v) is 13.3. The summed E-state index contributed by atoms with van der Waals surface area (Å²) in [4.78, 5) is 0. The number of aromatic nitrogens is 2. The van der Waals surface area contributed by atoms with Crippen molar-refractivity contribution in [1.82, 2.24) is 9.78 Å². The second-order valence-corrected chi connectivity index (χ2v) is 6.09. The van der Waals surface area contributed by atoms with Gasteiger partial charge in [0.15, 0.2) is 0 Å². The van der Waals surface area contributed by atoms with Gasteiger partial charge in [0.2, 0.25) is 0 Å². The maximum Gasteiger partial charge on any atom is 0.146 e. The zero-order chi connectivity index (χ0) is 15.6. The van der Waals surface area contributed by atoms with Gasteiger partial charge in [-0.2, -0.15) is 5.10 Å². The second-order valence-electron chi connectivity index (χ2n) is 6.09. The molecule has 0 aliphatic heterocycles. The summed E-state index contributed by atoms with van der Waals surface area (Å²) in [5, 5.41) is 15.2. The average Bonchev–Trinajstić information content (AvgIpc) is 2.83. The van der Waals surface area contributed by atoms with Crippen molar-refractivity contribution in [2.75, 3.05) is 7.11 Å². The molecule has 116 valence electrons. The fourth-order valence-corrected chi connectivity index (χ4v) is 2.36. The topological polar surface area (TPSA) is 73.3 Å². The summed E-state index contributed by atoms with van der Waals surface area (Å²) in [6, 6.07) is 5.69. The average molecular weight is 291 g/mol. The Balaban J connectivity index is 2.45. The molecule has 0 amide bonds. The maximum atomic E-state index is 9.70. The highest BCUT2D eigenvalue weighted by Crippen LogP contribution is 2.29. The van der Waals surface area contributed by atoms with Crippen LogP contribution in [0.3, 0.4) is 0 Å². The number of aliphatic hydroxyl groups excluding tert-OH is 1. The molecule has 0 spiro atoms. The van der Waals surface area contributed by atoms with E-state index in [1.165, 1.54) is 0 Å². The molecule has 0 radical (unpaired) electrons. The van der Waals surface area contributed by atoms with Gasteiger partial charge in [-0.15, -0.1) is 0 Å². The smallest absolute Gasteiger partial charge is 0.146 e. The highest BCUT2D eigenvalue weighted by Gasteiger charge is 2.26. The maximum absolute atomic E-state index is 9.70. The number of rotatable bonds is 6. The first-order chi connectivity index (χ1) is 9.94. The van der Waals surface area contributed by atoms with Crippen molar-refractivity contribution in [2.24, 2.45) is 11.1 Å². The number of ether oxygens (including phenoxy) is 1. The van der Waals surface area contributed by atoms with E-state index < -0.39 is 0 Å². The van der Waals surface area contributed by atoms with Crippen molar-refractivity contribution < 1.29 is 9.84 Å². The van der Waals surface area contributed by atoms with Crippen molar-refractivity contribution in [3.63, 3.8) is 0 Å². The van der Waals surface area contributed by atoms with E-state index in [4.69, 9.17) is 10.5 Å². The lowest BCUT2D eigenvalue weighted by molar-refractivity contribution is 0.230. The number of fused-ring (bicyclic) bond motifs is 1. The van der Waals surface area contributed by atoms with E-state index in [9.17, 15) is 5.11 Å². The van der Waals surface area contributed by atoms with Gasteiger partial charge in [-0.25, -0.2) is 0 Å². The SMILES string of the molecule is CCC(C)(C)C(N)Cn1nc2c(OC)cccc2c1CO. The van der Waals surface area contributed by atoms with Gasteiger partial charge in [-0.05, 0) is 17.9 Å². The molecule has 2 rings (SSSR count). The monoisotopic (exact) mass is 291 g/mol. The molecule has 2 aromatic rings. The van der Waals surface area contributed by atoms with Crippen molar-refractivity contribution in [2.45, 2.75) is 46.4 Å². The molecule has 21 heavy (non-hydrogen) atoms. The third-order valence-corrected chi connectivity index (χ3v) is 4.50. The lowest BCUT2D eigenvalue weighted by atomic mass is 9.82. The number of aliphatic hydroxyl groups is 1. The summed E-state index contributed by atoms with van der Waals surface area (Å²) in [6.45, 7) is 6.95. The molecule has 5 nitrogen and oxygen atoms in total. The Hall–Kier alpha value is -1.59. The summed E-state index contributed by atoms with van der Waals surface area (Å²) in [5.74, 6) is 0.712. The Morgan fingerprint density at radius 3 is 2.71 bits per heavy atom. The van der Waals surface area contributed by atoms with Gasteiger partial charge in [0.05, 0.1) is 26.0 Å². The van der Waals surface area contributed by atoms with E-state index >= 15 is 0 Å². The Bertz CT molecular complexity index is 619. The van der Waals surface area contributed by atoms with Crippen molar-refractivity contribution in [1.29, 1.82) is 0 Å². The highest BCUT2D eigenvalue weighted by atomic mass is 16.5. The summed E-state index contributed by atoms with van der Waals surface area (Å²) < 4.78 is 7.16. The number of nitrogens with two attached hydrogens (primary N) is 1. The van der Waals surface area contributed by atoms with Crippen LogP contribution in [0.1, 0.15) is 32.9 Å². The second kappa shape index (κ2) is 6.03. The van der Waals surface area contributed by atoms with E-state index in [0.29, 0.717) is 12.3 Å². The summed E-state index contributed by atoms with van der Waals surface area (Å²) >= 11 is 0. The number of benzene rings is 1. The molecular weight excluding hydrogens is 266 g/mol. The van der Waals surface area contributed by atoms with E-state index in [1.807, 2.05) is 22.9 Å². The Kier molecular flexibility index (Phi) is 4.54. The van der Waals surface area contributed by atoms with Gasteiger partial charge in [0, 0.05) is 11.4 Å². The molecular formula is C16H25N3O2. The van der Waals surface area contributed by atoms with Crippen LogP contribution in [-0.2, 0) is 13.2 Å². The van der Waals surface area contributed by atoms with Crippen LogP contribution in [0.25, 0.3) is 10.9 Å². The van der Waals surface area contributed by atoms with Gasteiger partial charge in [0.25, 0.3) is 0 Å². The molecule has 0 fully saturated rings. The fourth-order valence-electron chi connectivity index (χ4n) is 2.36. The first kappa shape index (κ1) is 15.8. The van der Waals surface area contributed by atoms with Crippen molar-refractivity contribution in [3.05, 3.63) is 23.9 Å². The van der Waals surface area contributed by atoms with Crippen LogP contribution in [0.2, 0.25) is 0 Å². The van der Waals surface area contributed by atoms with E-state index in [-0.39, 0.29) is 18.1 Å². The van der Waals surface area contributed by atoms with Gasteiger partial charge in [0.1, 0.15) is 11.3 Å². The zero-order valence-electron chi connectivity index (χ0n) is 13.3. The fraction of sp³-hybridized carbons (Fsp3) is 0.562. The molecule has 1 aromatic heterocycles. The molecule has 0 saturated carbocycles. The normalized spacial score (nSPS) is 13.6. The van der Waals surface area contributed by atoms with Gasteiger partial charge in [-0.1, -0.05) is 32.9 Å². The molecule has 1 unspecified atom stereocenters. The van der Waals surface area contributed by atoms with Crippen LogP contribution in [0, 0.1) is 5.41 Å². The number of nitrogens with zero attached hydrogens (tertiary/aromatic N) is 2. The van der Waals surface area contributed by atoms with Crippen LogP contribution >= 0.6 is 0 Å². The Labute approximate surface area is 125 Å². The molecule has 0 aliphatic rings. The minimum atomic E-state index is -0.0665. The standard InChI is InChI=1S/C16H25N3O2/c1-5-16(2,3)14(17)9-19-12(10-20)11-7-6-8-13(21-4)15(11)18-19/h6-8,14,20H,5,9-10,17H2,1-4H3. The predicted octanol–water partition coefficient (Wildman–Crippen LogP) is 2.30. The molecule has 0 bridgehead atoms. The van der Waals surface area contributed by atoms with Gasteiger partial charge < -0.3 is 15.6 Å². The van der Waals surface area contributed by atoms with Gasteiger partial charge >= 0.3 is 0 Å². The highest BCUT2D eigenvalue weighted by molar-refractivity contribution is 5.86. The first-order valence-electron chi connectivity index (χ1n) is 7.33. The third-order valence-electron chi connectivity index (χ3n) is 4.50. The van der Waals surface area contributed by atoms with Crippen molar-refractivity contribution in [3.8, 4) is 5.75 Å². The van der Waals surface area contributed by atoms with E-state index in [0.717, 1.165) is 23.0 Å². The number of hydrogen-bond acceptors (Lipinski definition) is 4. The van der Waals surface area contributed by atoms with E-state index in [2.05, 4.69) is 25.9 Å². The summed E-state index contributed by atoms with van der Waals surface area (Å²) in [7, 11) is 1.62. The van der Waals surface area contributed by atoms with Crippen LogP contribution in [0.5, 0.6) is 5.75 Å². The molecule has 1 heterocycles. The minimum Gasteiger partial charge on any atom is -0.494 e. The van der Waals surface area contributed by atoms with E-state index in [1.54, 1.807) is 7.11 Å². The largest absolute Gasteiger partial charge is 0.494 e. The molecule has 5 heteroatoms.